The zero-order valence-electron chi connectivity index (χ0n) is 17.4. The minimum absolute atomic E-state index is 0.0937. The number of benzene rings is 3. The molecule has 7 nitrogen and oxygen atoms in total. The number of furan rings is 1. The second-order valence-electron chi connectivity index (χ2n) is 7.34. The van der Waals surface area contributed by atoms with Gasteiger partial charge in [-0.25, -0.2) is 0 Å². The first-order valence-corrected chi connectivity index (χ1v) is 10.3. The van der Waals surface area contributed by atoms with Gasteiger partial charge in [-0.05, 0) is 60.7 Å². The SMILES string of the molecule is O=C1c2ccccc2C(=O)N1CN(C(=O)c1ccco1)c1ccc(Oc2ccccc2)cc1. The predicted octanol–water partition coefficient (Wildman–Crippen LogP) is 4.97. The van der Waals surface area contributed by atoms with E-state index >= 15 is 0 Å². The van der Waals surface area contributed by atoms with Crippen LogP contribution in [0.3, 0.4) is 0 Å². The van der Waals surface area contributed by atoms with Gasteiger partial charge in [0.2, 0.25) is 0 Å². The lowest BCUT2D eigenvalue weighted by atomic mass is 10.1. The number of carbonyl (C=O) groups excluding carboxylic acids is 3. The van der Waals surface area contributed by atoms with Gasteiger partial charge in [0.1, 0.15) is 18.2 Å². The van der Waals surface area contributed by atoms with Crippen molar-refractivity contribution in [2.75, 3.05) is 11.6 Å². The van der Waals surface area contributed by atoms with Gasteiger partial charge in [0.25, 0.3) is 17.7 Å². The molecule has 3 amide bonds. The third-order valence-electron chi connectivity index (χ3n) is 5.27. The Hall–Kier alpha value is -4.65. The molecule has 7 heteroatoms. The van der Waals surface area contributed by atoms with Gasteiger partial charge in [0.15, 0.2) is 5.76 Å². The van der Waals surface area contributed by atoms with E-state index < -0.39 is 17.7 Å². The number of hydrogen-bond donors (Lipinski definition) is 0. The number of nitrogens with zero attached hydrogens (tertiary/aromatic N) is 2. The number of anilines is 1. The van der Waals surface area contributed by atoms with E-state index in [4.69, 9.17) is 9.15 Å². The van der Waals surface area contributed by atoms with Gasteiger partial charge in [-0.2, -0.15) is 0 Å². The molecule has 0 N–H and O–H groups in total. The lowest BCUT2D eigenvalue weighted by Gasteiger charge is -2.26. The highest BCUT2D eigenvalue weighted by Crippen LogP contribution is 2.28. The number of ether oxygens (including phenoxy) is 1. The van der Waals surface area contributed by atoms with E-state index in [1.807, 2.05) is 30.3 Å². The fourth-order valence-electron chi connectivity index (χ4n) is 3.62. The van der Waals surface area contributed by atoms with Crippen LogP contribution in [0.4, 0.5) is 5.69 Å². The molecular weight excluding hydrogens is 420 g/mol. The smallest absolute Gasteiger partial charge is 0.295 e. The maximum Gasteiger partial charge on any atom is 0.295 e. The molecule has 1 aliphatic rings. The van der Waals surface area contributed by atoms with Gasteiger partial charge in [-0.1, -0.05) is 30.3 Å². The van der Waals surface area contributed by atoms with Crippen LogP contribution in [-0.2, 0) is 0 Å². The van der Waals surface area contributed by atoms with Crippen LogP contribution >= 0.6 is 0 Å². The van der Waals surface area contributed by atoms with E-state index in [1.165, 1.54) is 17.2 Å². The summed E-state index contributed by atoms with van der Waals surface area (Å²) in [6, 6.07) is 25.9. The van der Waals surface area contributed by atoms with Crippen molar-refractivity contribution in [1.29, 1.82) is 0 Å². The lowest BCUT2D eigenvalue weighted by molar-refractivity contribution is 0.0649. The normalized spacial score (nSPS) is 12.5. The molecule has 1 aromatic heterocycles. The average Bonchev–Trinajstić information content (AvgIpc) is 3.47. The number of imide groups is 1. The summed E-state index contributed by atoms with van der Waals surface area (Å²) in [5, 5.41) is 0. The van der Waals surface area contributed by atoms with Crippen LogP contribution in [0.2, 0.25) is 0 Å². The Kier molecular flexibility index (Phi) is 5.20. The Morgan fingerprint density at radius 3 is 1.97 bits per heavy atom. The van der Waals surface area contributed by atoms with E-state index in [1.54, 1.807) is 54.6 Å². The highest BCUT2D eigenvalue weighted by atomic mass is 16.5. The summed E-state index contributed by atoms with van der Waals surface area (Å²) in [4.78, 5) is 41.3. The molecule has 0 spiro atoms. The highest BCUT2D eigenvalue weighted by molar-refractivity contribution is 6.21. The second kappa shape index (κ2) is 8.47. The molecule has 0 aliphatic carbocycles. The van der Waals surface area contributed by atoms with Crippen molar-refractivity contribution in [3.8, 4) is 11.5 Å². The van der Waals surface area contributed by atoms with Crippen molar-refractivity contribution < 1.29 is 23.5 Å². The lowest BCUT2D eigenvalue weighted by Crippen LogP contribution is -2.44. The Morgan fingerprint density at radius 2 is 1.36 bits per heavy atom. The average molecular weight is 438 g/mol. The number of para-hydroxylation sites is 1. The first-order valence-electron chi connectivity index (χ1n) is 10.3. The van der Waals surface area contributed by atoms with Crippen LogP contribution in [0.15, 0.2) is 102 Å². The Bertz CT molecular complexity index is 1280. The molecule has 0 fully saturated rings. The van der Waals surface area contributed by atoms with Crippen molar-refractivity contribution in [3.63, 3.8) is 0 Å². The third kappa shape index (κ3) is 3.87. The number of hydrogen-bond acceptors (Lipinski definition) is 5. The zero-order valence-corrected chi connectivity index (χ0v) is 17.4. The van der Waals surface area contributed by atoms with Gasteiger partial charge < -0.3 is 9.15 Å². The molecule has 0 radical (unpaired) electrons. The molecule has 0 unspecified atom stereocenters. The number of fused-ring (bicyclic) bond motifs is 1. The second-order valence-corrected chi connectivity index (χ2v) is 7.34. The molecule has 5 rings (SSSR count). The van der Waals surface area contributed by atoms with Crippen molar-refractivity contribution in [1.82, 2.24) is 4.90 Å². The van der Waals surface area contributed by atoms with E-state index in [-0.39, 0.29) is 12.4 Å². The predicted molar refractivity (Wildman–Crippen MR) is 120 cm³/mol. The quantitative estimate of drug-likeness (QED) is 0.397. The molecule has 2 heterocycles. The Morgan fingerprint density at radius 1 is 0.758 bits per heavy atom. The number of carbonyl (C=O) groups is 3. The molecule has 0 saturated heterocycles. The van der Waals surface area contributed by atoms with Crippen LogP contribution in [-0.4, -0.2) is 29.3 Å². The summed E-state index contributed by atoms with van der Waals surface area (Å²) in [7, 11) is 0. The first-order chi connectivity index (χ1) is 16.1. The molecule has 33 heavy (non-hydrogen) atoms. The maximum atomic E-state index is 13.2. The third-order valence-corrected chi connectivity index (χ3v) is 5.27. The van der Waals surface area contributed by atoms with E-state index in [0.29, 0.717) is 28.3 Å². The minimum atomic E-state index is -0.478. The fraction of sp³-hybridized carbons (Fsp3) is 0.0385. The highest BCUT2D eigenvalue weighted by Gasteiger charge is 2.37. The van der Waals surface area contributed by atoms with Crippen molar-refractivity contribution in [2.45, 2.75) is 0 Å². The molecule has 0 atom stereocenters. The zero-order chi connectivity index (χ0) is 22.8. The summed E-state index contributed by atoms with van der Waals surface area (Å²) < 4.78 is 11.1. The van der Waals surface area contributed by atoms with Crippen LogP contribution < -0.4 is 9.64 Å². The van der Waals surface area contributed by atoms with Crippen LogP contribution in [0, 0.1) is 0 Å². The molecular formula is C26H18N2O5. The minimum Gasteiger partial charge on any atom is -0.459 e. The van der Waals surface area contributed by atoms with E-state index in [9.17, 15) is 14.4 Å². The topological polar surface area (TPSA) is 80.1 Å². The standard InChI is InChI=1S/C26H18N2O5/c29-24-21-9-4-5-10-22(21)25(30)28(24)17-27(26(31)23-11-6-16-32-23)18-12-14-20(15-13-18)33-19-7-2-1-3-8-19/h1-16H,17H2. The molecule has 1 aliphatic heterocycles. The van der Waals surface area contributed by atoms with Crippen molar-refractivity contribution in [3.05, 3.63) is 114 Å². The molecule has 3 aromatic carbocycles. The number of rotatable bonds is 6. The summed E-state index contributed by atoms with van der Waals surface area (Å²) in [6.07, 6.45) is 1.39. The molecule has 4 aromatic rings. The van der Waals surface area contributed by atoms with Gasteiger partial charge in [-0.3, -0.25) is 24.2 Å². The first kappa shape index (κ1) is 20.3. The molecule has 0 saturated carbocycles. The van der Waals surface area contributed by atoms with Crippen molar-refractivity contribution >= 4 is 23.4 Å². The fourth-order valence-corrected chi connectivity index (χ4v) is 3.62. The monoisotopic (exact) mass is 438 g/mol. The Labute approximate surface area is 189 Å². The Balaban J connectivity index is 1.44. The van der Waals surface area contributed by atoms with Crippen LogP contribution in [0.5, 0.6) is 11.5 Å². The van der Waals surface area contributed by atoms with Gasteiger partial charge in [0.05, 0.1) is 17.4 Å². The van der Waals surface area contributed by atoms with Gasteiger partial charge in [0, 0.05) is 5.69 Å². The van der Waals surface area contributed by atoms with E-state index in [2.05, 4.69) is 0 Å². The number of amides is 3. The summed E-state index contributed by atoms with van der Waals surface area (Å²) in [5.74, 6) is -0.0193. The van der Waals surface area contributed by atoms with Crippen LogP contribution in [0.25, 0.3) is 0 Å². The van der Waals surface area contributed by atoms with Gasteiger partial charge >= 0.3 is 0 Å². The largest absolute Gasteiger partial charge is 0.459 e. The van der Waals surface area contributed by atoms with Gasteiger partial charge in [-0.15, -0.1) is 0 Å². The molecule has 0 bridgehead atoms. The van der Waals surface area contributed by atoms with Crippen molar-refractivity contribution in [2.24, 2.45) is 0 Å². The maximum absolute atomic E-state index is 13.2. The summed E-state index contributed by atoms with van der Waals surface area (Å²) in [6.45, 7) is -0.259. The van der Waals surface area contributed by atoms with E-state index in [0.717, 1.165) is 4.90 Å². The molecule has 162 valence electrons. The summed E-state index contributed by atoms with van der Waals surface area (Å²) in [5.41, 5.74) is 1.12. The van der Waals surface area contributed by atoms with Crippen LogP contribution in [0.1, 0.15) is 31.3 Å². The summed E-state index contributed by atoms with van der Waals surface area (Å²) >= 11 is 0.